The molecule has 6 heteroatoms. The van der Waals surface area contributed by atoms with E-state index < -0.39 is 0 Å². The van der Waals surface area contributed by atoms with E-state index in [4.69, 9.17) is 0 Å². The van der Waals surface area contributed by atoms with Gasteiger partial charge in [-0.15, -0.1) is 0 Å². The van der Waals surface area contributed by atoms with Crippen molar-refractivity contribution in [2.45, 2.75) is 19.9 Å². The first kappa shape index (κ1) is 21.0. The summed E-state index contributed by atoms with van der Waals surface area (Å²) in [5, 5.41) is 6.23. The molecule has 29 heavy (non-hydrogen) atoms. The highest BCUT2D eigenvalue weighted by Gasteiger charge is 2.22. The number of hydrogen-bond acceptors (Lipinski definition) is 4. The Morgan fingerprint density at radius 1 is 0.966 bits per heavy atom. The van der Waals surface area contributed by atoms with E-state index in [9.17, 15) is 9.59 Å². The highest BCUT2D eigenvalue weighted by Crippen LogP contribution is 2.11. The van der Waals surface area contributed by atoms with Gasteiger partial charge in [-0.05, 0) is 31.5 Å². The molecule has 3 rings (SSSR count). The molecule has 0 unspecified atom stereocenters. The molecule has 0 spiro atoms. The molecule has 2 aromatic rings. The van der Waals surface area contributed by atoms with Crippen LogP contribution in [-0.4, -0.2) is 60.9 Å². The fraction of sp³-hybridized carbons (Fsp3) is 0.391. The Morgan fingerprint density at radius 3 is 2.28 bits per heavy atom. The van der Waals surface area contributed by atoms with E-state index in [0.717, 1.165) is 11.3 Å². The van der Waals surface area contributed by atoms with Crippen molar-refractivity contribution >= 4 is 17.5 Å². The van der Waals surface area contributed by atoms with Crippen LogP contribution >= 0.6 is 0 Å². The molecule has 6 nitrogen and oxygen atoms in total. The highest BCUT2D eigenvalue weighted by atomic mass is 16.2. The summed E-state index contributed by atoms with van der Waals surface area (Å²) in [4.78, 5) is 28.7. The first-order valence-corrected chi connectivity index (χ1v) is 10.2. The number of amides is 2. The summed E-state index contributed by atoms with van der Waals surface area (Å²) in [6.07, 6.45) is 0. The minimum Gasteiger partial charge on any atom is -0.339 e. The van der Waals surface area contributed by atoms with Crippen molar-refractivity contribution in [3.05, 3.63) is 65.7 Å². The van der Waals surface area contributed by atoms with Gasteiger partial charge in [0, 0.05) is 37.9 Å². The maximum absolute atomic E-state index is 12.5. The molecular weight excluding hydrogens is 364 g/mol. The van der Waals surface area contributed by atoms with Crippen molar-refractivity contribution in [2.24, 2.45) is 0 Å². The highest BCUT2D eigenvalue weighted by molar-refractivity contribution is 5.92. The first-order chi connectivity index (χ1) is 14.0. The second-order valence-electron chi connectivity index (χ2n) is 7.58. The first-order valence-electron chi connectivity index (χ1n) is 10.2. The molecule has 1 heterocycles. The Kier molecular flexibility index (Phi) is 7.38. The van der Waals surface area contributed by atoms with E-state index in [1.807, 2.05) is 54.3 Å². The summed E-state index contributed by atoms with van der Waals surface area (Å²) in [5.41, 5.74) is 3.15. The maximum Gasteiger partial charge on any atom is 0.238 e. The molecule has 1 saturated heterocycles. The summed E-state index contributed by atoms with van der Waals surface area (Å²) in [5.74, 6) is 0.0866. The third-order valence-electron chi connectivity index (χ3n) is 5.29. The van der Waals surface area contributed by atoms with Crippen LogP contribution in [0.4, 0.5) is 5.69 Å². The molecular formula is C23H30N4O2. The van der Waals surface area contributed by atoms with Crippen molar-refractivity contribution in [3.63, 3.8) is 0 Å². The molecule has 2 N–H and O–H groups in total. The molecule has 2 aromatic carbocycles. The van der Waals surface area contributed by atoms with Crippen molar-refractivity contribution < 1.29 is 9.59 Å². The number of rotatable bonds is 7. The van der Waals surface area contributed by atoms with E-state index >= 15 is 0 Å². The lowest BCUT2D eigenvalue weighted by atomic mass is 10.1. The lowest BCUT2D eigenvalue weighted by Gasteiger charge is -2.34. The van der Waals surface area contributed by atoms with E-state index in [1.165, 1.54) is 5.56 Å². The number of carbonyl (C=O) groups is 2. The number of nitrogens with zero attached hydrogens (tertiary/aromatic N) is 2. The molecule has 1 atom stereocenters. The molecule has 2 amide bonds. The van der Waals surface area contributed by atoms with Crippen molar-refractivity contribution in [1.29, 1.82) is 0 Å². The minimum atomic E-state index is -0.0213. The topological polar surface area (TPSA) is 64.7 Å². The molecule has 0 aliphatic carbocycles. The molecule has 0 radical (unpaired) electrons. The number of anilines is 1. The molecule has 1 aliphatic heterocycles. The lowest BCUT2D eigenvalue weighted by molar-refractivity contribution is -0.132. The zero-order valence-corrected chi connectivity index (χ0v) is 17.2. The van der Waals surface area contributed by atoms with Gasteiger partial charge >= 0.3 is 0 Å². The van der Waals surface area contributed by atoms with Crippen LogP contribution in [-0.2, 0) is 9.59 Å². The zero-order chi connectivity index (χ0) is 20.6. The maximum atomic E-state index is 12.5. The summed E-state index contributed by atoms with van der Waals surface area (Å²) in [6.45, 7) is 7.47. The Labute approximate surface area is 172 Å². The van der Waals surface area contributed by atoms with E-state index in [-0.39, 0.29) is 17.9 Å². The van der Waals surface area contributed by atoms with Crippen molar-refractivity contribution in [2.75, 3.05) is 44.6 Å². The van der Waals surface area contributed by atoms with Crippen molar-refractivity contribution in [3.8, 4) is 0 Å². The number of carbonyl (C=O) groups excluding carboxylic acids is 2. The van der Waals surface area contributed by atoms with Crippen LogP contribution < -0.4 is 10.6 Å². The van der Waals surface area contributed by atoms with Gasteiger partial charge in [-0.25, -0.2) is 0 Å². The molecule has 1 aliphatic rings. The fourth-order valence-corrected chi connectivity index (χ4v) is 3.41. The Morgan fingerprint density at radius 2 is 1.62 bits per heavy atom. The number of nitrogens with one attached hydrogen (secondary N) is 2. The standard InChI is InChI=1S/C23H30N4O2/c1-18-8-10-21(11-9-18)25-22(28)17-26-12-14-27(15-13-26)23(29)16-24-19(2)20-6-4-3-5-7-20/h3-11,19,24H,12-17H2,1-2H3,(H,25,28)/t19-/m0/s1. The summed E-state index contributed by atoms with van der Waals surface area (Å²) >= 11 is 0. The van der Waals surface area contributed by atoms with Gasteiger partial charge in [0.05, 0.1) is 13.1 Å². The molecule has 0 aromatic heterocycles. The zero-order valence-electron chi connectivity index (χ0n) is 17.2. The van der Waals surface area contributed by atoms with Crippen LogP contribution in [0.15, 0.2) is 54.6 Å². The van der Waals surface area contributed by atoms with Crippen LogP contribution in [0.2, 0.25) is 0 Å². The second kappa shape index (κ2) is 10.2. The quantitative estimate of drug-likeness (QED) is 0.757. The third-order valence-corrected chi connectivity index (χ3v) is 5.29. The smallest absolute Gasteiger partial charge is 0.238 e. The minimum absolute atomic E-state index is 0.0213. The number of piperazine rings is 1. The second-order valence-corrected chi connectivity index (χ2v) is 7.58. The van der Waals surface area contributed by atoms with Gasteiger partial charge in [-0.3, -0.25) is 14.5 Å². The van der Waals surface area contributed by atoms with Crippen LogP contribution in [0, 0.1) is 6.92 Å². The lowest BCUT2D eigenvalue weighted by Crippen LogP contribution is -2.52. The average Bonchev–Trinajstić information content (AvgIpc) is 2.74. The molecule has 0 bridgehead atoms. The van der Waals surface area contributed by atoms with Crippen molar-refractivity contribution in [1.82, 2.24) is 15.1 Å². The predicted octanol–water partition coefficient (Wildman–Crippen LogP) is 2.43. The molecule has 154 valence electrons. The van der Waals surface area contributed by atoms with Gasteiger partial charge in [-0.2, -0.15) is 0 Å². The number of aryl methyl sites for hydroxylation is 1. The van der Waals surface area contributed by atoms with Crippen LogP contribution in [0.25, 0.3) is 0 Å². The van der Waals surface area contributed by atoms with Crippen LogP contribution in [0.5, 0.6) is 0 Å². The van der Waals surface area contributed by atoms with Gasteiger partial charge in [0.25, 0.3) is 0 Å². The number of hydrogen-bond donors (Lipinski definition) is 2. The summed E-state index contributed by atoms with van der Waals surface area (Å²) < 4.78 is 0. The van der Waals surface area contributed by atoms with E-state index in [0.29, 0.717) is 39.3 Å². The van der Waals surface area contributed by atoms with Crippen LogP contribution in [0.1, 0.15) is 24.1 Å². The van der Waals surface area contributed by atoms with Gasteiger partial charge in [-0.1, -0.05) is 48.0 Å². The van der Waals surface area contributed by atoms with Gasteiger partial charge in [0.2, 0.25) is 11.8 Å². The van der Waals surface area contributed by atoms with Gasteiger partial charge in [0.1, 0.15) is 0 Å². The monoisotopic (exact) mass is 394 g/mol. The Bertz CT molecular complexity index is 799. The Hall–Kier alpha value is -2.70. The Balaban J connectivity index is 1.37. The summed E-state index contributed by atoms with van der Waals surface area (Å²) in [7, 11) is 0. The predicted molar refractivity (Wildman–Crippen MR) is 116 cm³/mol. The van der Waals surface area contributed by atoms with Crippen LogP contribution in [0.3, 0.4) is 0 Å². The van der Waals surface area contributed by atoms with E-state index in [1.54, 1.807) is 0 Å². The third kappa shape index (κ3) is 6.41. The normalized spacial score (nSPS) is 15.7. The van der Waals surface area contributed by atoms with Gasteiger partial charge in [0.15, 0.2) is 0 Å². The molecule has 1 fully saturated rings. The number of benzene rings is 2. The fourth-order valence-electron chi connectivity index (χ4n) is 3.41. The van der Waals surface area contributed by atoms with E-state index in [2.05, 4.69) is 34.6 Å². The SMILES string of the molecule is Cc1ccc(NC(=O)CN2CCN(C(=O)CN[C@@H](C)c3ccccc3)CC2)cc1. The summed E-state index contributed by atoms with van der Waals surface area (Å²) in [6, 6.07) is 18.0. The molecule has 0 saturated carbocycles. The largest absolute Gasteiger partial charge is 0.339 e. The average molecular weight is 395 g/mol. The van der Waals surface area contributed by atoms with Gasteiger partial charge < -0.3 is 15.5 Å².